The van der Waals surface area contributed by atoms with Gasteiger partial charge in [-0.3, -0.25) is 0 Å². The van der Waals surface area contributed by atoms with Crippen LogP contribution in [0.25, 0.3) is 0 Å². The second-order valence-corrected chi connectivity index (χ2v) is 7.59. The fourth-order valence-corrected chi connectivity index (χ4v) is 3.10. The van der Waals surface area contributed by atoms with Crippen LogP contribution in [-0.4, -0.2) is 71.0 Å². The summed E-state index contributed by atoms with van der Waals surface area (Å²) in [5, 5.41) is 21.7. The maximum absolute atomic E-state index is 12.8. The standard InChI is InChI=1S/C21H34N2O6/c1-16(15-22)17-13-21(2,3)14-18(23-5-6-24)19(17)20(25)29-12-11-28-10-9-27-8-7-26-4/h23-24H,5-14H2,1-4H3/b17-16+. The van der Waals surface area contributed by atoms with Gasteiger partial charge in [0.25, 0.3) is 0 Å². The van der Waals surface area contributed by atoms with E-state index in [1.807, 2.05) is 0 Å². The van der Waals surface area contributed by atoms with Crippen LogP contribution in [0.1, 0.15) is 33.6 Å². The van der Waals surface area contributed by atoms with Gasteiger partial charge in [0.15, 0.2) is 0 Å². The molecule has 2 N–H and O–H groups in total. The highest BCUT2D eigenvalue weighted by atomic mass is 16.6. The SMILES string of the molecule is COCCOCCOCCOC(=O)C1=C(NCCO)CC(C)(C)C/C1=C(/C)C#N. The van der Waals surface area contributed by atoms with Gasteiger partial charge in [0, 0.05) is 24.9 Å². The maximum atomic E-state index is 12.8. The summed E-state index contributed by atoms with van der Waals surface area (Å²) in [7, 11) is 1.61. The summed E-state index contributed by atoms with van der Waals surface area (Å²) in [6.45, 7) is 8.41. The zero-order valence-corrected chi connectivity index (χ0v) is 18.0. The molecular formula is C21H34N2O6. The number of nitrogens with zero attached hydrogens (tertiary/aromatic N) is 1. The van der Waals surface area contributed by atoms with Crippen molar-refractivity contribution in [3.8, 4) is 6.07 Å². The molecule has 0 aromatic rings. The molecular weight excluding hydrogens is 376 g/mol. The number of ether oxygens (including phenoxy) is 4. The second-order valence-electron chi connectivity index (χ2n) is 7.59. The number of rotatable bonds is 13. The first-order valence-electron chi connectivity index (χ1n) is 9.86. The zero-order valence-electron chi connectivity index (χ0n) is 18.0. The van der Waals surface area contributed by atoms with Crippen LogP contribution in [0.3, 0.4) is 0 Å². The fraction of sp³-hybridized carbons (Fsp3) is 0.714. The van der Waals surface area contributed by atoms with E-state index in [4.69, 9.17) is 24.1 Å². The number of nitrogens with one attached hydrogen (secondary N) is 1. The molecule has 0 aromatic heterocycles. The van der Waals surface area contributed by atoms with Crippen LogP contribution in [0.4, 0.5) is 0 Å². The summed E-state index contributed by atoms with van der Waals surface area (Å²) < 4.78 is 21.0. The molecule has 0 aliphatic heterocycles. The molecule has 0 amide bonds. The van der Waals surface area contributed by atoms with E-state index in [0.717, 1.165) is 0 Å². The molecule has 0 spiro atoms. The molecule has 0 heterocycles. The molecule has 29 heavy (non-hydrogen) atoms. The van der Waals surface area contributed by atoms with Crippen LogP contribution in [-0.2, 0) is 23.7 Å². The summed E-state index contributed by atoms with van der Waals surface area (Å²) in [4.78, 5) is 12.8. The van der Waals surface area contributed by atoms with E-state index < -0.39 is 5.97 Å². The third-order valence-corrected chi connectivity index (χ3v) is 4.45. The lowest BCUT2D eigenvalue weighted by atomic mass is 9.72. The molecule has 1 aliphatic rings. The van der Waals surface area contributed by atoms with Gasteiger partial charge in [-0.15, -0.1) is 0 Å². The topological polar surface area (TPSA) is 110 Å². The molecule has 0 saturated carbocycles. The minimum absolute atomic E-state index is 0.0527. The van der Waals surface area contributed by atoms with Gasteiger partial charge < -0.3 is 29.4 Å². The Balaban J connectivity index is 2.72. The van der Waals surface area contributed by atoms with Gasteiger partial charge >= 0.3 is 5.97 Å². The van der Waals surface area contributed by atoms with Crippen LogP contribution in [0.2, 0.25) is 0 Å². The Labute approximate surface area is 173 Å². The average molecular weight is 411 g/mol. The molecule has 0 radical (unpaired) electrons. The van der Waals surface area contributed by atoms with Crippen molar-refractivity contribution in [1.29, 1.82) is 5.26 Å². The molecule has 0 fully saturated rings. The predicted octanol–water partition coefficient (Wildman–Crippen LogP) is 1.71. The third kappa shape index (κ3) is 8.96. The Bertz CT molecular complexity index is 634. The van der Waals surface area contributed by atoms with Crippen LogP contribution in [0.15, 0.2) is 22.4 Å². The van der Waals surface area contributed by atoms with Gasteiger partial charge in [-0.05, 0) is 30.8 Å². The molecule has 0 atom stereocenters. The fourth-order valence-electron chi connectivity index (χ4n) is 3.10. The molecule has 8 heteroatoms. The lowest BCUT2D eigenvalue weighted by Crippen LogP contribution is -2.32. The Morgan fingerprint density at radius 3 is 2.34 bits per heavy atom. The largest absolute Gasteiger partial charge is 0.460 e. The van der Waals surface area contributed by atoms with Crippen LogP contribution in [0, 0.1) is 16.7 Å². The van der Waals surface area contributed by atoms with E-state index in [1.54, 1.807) is 14.0 Å². The van der Waals surface area contributed by atoms with E-state index in [1.165, 1.54) is 0 Å². The summed E-state index contributed by atoms with van der Waals surface area (Å²) in [5.41, 5.74) is 2.19. The first-order chi connectivity index (χ1) is 13.9. The molecule has 1 aliphatic carbocycles. The van der Waals surface area contributed by atoms with Crippen LogP contribution in [0.5, 0.6) is 0 Å². The van der Waals surface area contributed by atoms with Crippen molar-refractivity contribution in [2.75, 3.05) is 59.9 Å². The van der Waals surface area contributed by atoms with Gasteiger partial charge in [0.05, 0.1) is 51.3 Å². The van der Waals surface area contributed by atoms with Crippen molar-refractivity contribution in [3.63, 3.8) is 0 Å². The minimum atomic E-state index is -0.481. The van der Waals surface area contributed by atoms with Gasteiger partial charge in [-0.1, -0.05) is 13.8 Å². The number of allylic oxidation sites excluding steroid dienone is 2. The highest BCUT2D eigenvalue weighted by molar-refractivity contribution is 5.95. The van der Waals surface area contributed by atoms with Crippen molar-refractivity contribution in [2.24, 2.45) is 5.41 Å². The normalized spacial score (nSPS) is 17.7. The third-order valence-electron chi connectivity index (χ3n) is 4.45. The lowest BCUT2D eigenvalue weighted by Gasteiger charge is -2.35. The smallest absolute Gasteiger partial charge is 0.340 e. The van der Waals surface area contributed by atoms with E-state index >= 15 is 0 Å². The Morgan fingerprint density at radius 1 is 1.14 bits per heavy atom. The van der Waals surface area contributed by atoms with Crippen molar-refractivity contribution < 1.29 is 28.8 Å². The van der Waals surface area contributed by atoms with Crippen molar-refractivity contribution in [1.82, 2.24) is 5.32 Å². The number of hydrogen-bond acceptors (Lipinski definition) is 8. The molecule has 0 unspecified atom stereocenters. The number of methoxy groups -OCH3 is 1. The number of nitriles is 1. The number of aliphatic hydroxyl groups excluding tert-OH is 1. The van der Waals surface area contributed by atoms with Gasteiger partial charge in [-0.25, -0.2) is 4.79 Å². The quantitative estimate of drug-likeness (QED) is 0.268. The van der Waals surface area contributed by atoms with E-state index in [9.17, 15) is 10.1 Å². The number of hydrogen-bond donors (Lipinski definition) is 2. The molecule has 1 rings (SSSR count). The number of esters is 1. The molecule has 164 valence electrons. The predicted molar refractivity (Wildman–Crippen MR) is 108 cm³/mol. The highest BCUT2D eigenvalue weighted by Gasteiger charge is 2.35. The van der Waals surface area contributed by atoms with E-state index in [0.29, 0.717) is 68.2 Å². The van der Waals surface area contributed by atoms with Crippen molar-refractivity contribution >= 4 is 5.97 Å². The molecule has 8 nitrogen and oxygen atoms in total. The summed E-state index contributed by atoms with van der Waals surface area (Å²) in [6, 6.07) is 2.15. The van der Waals surface area contributed by atoms with Gasteiger partial charge in [0.2, 0.25) is 0 Å². The maximum Gasteiger partial charge on any atom is 0.340 e. The minimum Gasteiger partial charge on any atom is -0.460 e. The summed E-state index contributed by atoms with van der Waals surface area (Å²) in [5.74, 6) is -0.481. The Hall–Kier alpha value is -1.92. The number of aliphatic hydroxyl groups is 1. The number of carbonyl (C=O) groups is 1. The van der Waals surface area contributed by atoms with Gasteiger partial charge in [-0.2, -0.15) is 5.26 Å². The monoisotopic (exact) mass is 410 g/mol. The molecule has 0 saturated heterocycles. The van der Waals surface area contributed by atoms with Crippen molar-refractivity contribution in [3.05, 3.63) is 22.4 Å². The van der Waals surface area contributed by atoms with Crippen LogP contribution < -0.4 is 5.32 Å². The Kier molecular flexibility index (Phi) is 11.5. The molecule has 0 bridgehead atoms. The summed E-state index contributed by atoms with van der Waals surface area (Å²) in [6.07, 6.45) is 1.24. The first kappa shape index (κ1) is 25.1. The van der Waals surface area contributed by atoms with Crippen molar-refractivity contribution in [2.45, 2.75) is 33.6 Å². The molecule has 0 aromatic carbocycles. The summed E-state index contributed by atoms with van der Waals surface area (Å²) >= 11 is 0. The van der Waals surface area contributed by atoms with Crippen LogP contribution >= 0.6 is 0 Å². The zero-order chi connectivity index (χ0) is 21.7. The van der Waals surface area contributed by atoms with E-state index in [-0.39, 0.29) is 25.2 Å². The lowest BCUT2D eigenvalue weighted by molar-refractivity contribution is -0.140. The Morgan fingerprint density at radius 2 is 1.76 bits per heavy atom. The van der Waals surface area contributed by atoms with Gasteiger partial charge in [0.1, 0.15) is 6.61 Å². The average Bonchev–Trinajstić information content (AvgIpc) is 2.69. The second kappa shape index (κ2) is 13.3. The highest BCUT2D eigenvalue weighted by Crippen LogP contribution is 2.42. The number of carbonyl (C=O) groups excluding carboxylic acids is 1. The first-order valence-corrected chi connectivity index (χ1v) is 9.86. The van der Waals surface area contributed by atoms with E-state index in [2.05, 4.69) is 25.2 Å².